The van der Waals surface area contributed by atoms with Gasteiger partial charge in [-0.3, -0.25) is 0 Å². The molecule has 25 heavy (non-hydrogen) atoms. The Kier molecular flexibility index (Phi) is 3.71. The minimum Gasteiger partial charge on any atom is -0.454 e. The first-order valence-electron chi connectivity index (χ1n) is 7.65. The monoisotopic (exact) mass is 353 g/mol. The van der Waals surface area contributed by atoms with Crippen LogP contribution in [0.25, 0.3) is 22.3 Å². The maximum Gasteiger partial charge on any atom is 0.238 e. The van der Waals surface area contributed by atoms with Gasteiger partial charge in [0.15, 0.2) is 11.5 Å². The van der Waals surface area contributed by atoms with Gasteiger partial charge >= 0.3 is 0 Å². The lowest BCUT2D eigenvalue weighted by Gasteiger charge is -2.12. The molecule has 1 aliphatic heterocycles. The van der Waals surface area contributed by atoms with E-state index in [0.29, 0.717) is 11.5 Å². The zero-order valence-electron chi connectivity index (χ0n) is 13.2. The molecule has 0 saturated carbocycles. The Morgan fingerprint density at radius 2 is 1.52 bits per heavy atom. The van der Waals surface area contributed by atoms with E-state index in [0.717, 1.165) is 22.3 Å². The van der Waals surface area contributed by atoms with Gasteiger partial charge in [-0.1, -0.05) is 42.5 Å². The molecule has 126 valence electrons. The molecule has 0 aliphatic carbocycles. The van der Waals surface area contributed by atoms with Crippen molar-refractivity contribution in [3.8, 4) is 33.8 Å². The first-order valence-corrected chi connectivity index (χ1v) is 9.19. The summed E-state index contributed by atoms with van der Waals surface area (Å²) in [6, 6.07) is 20.1. The Labute approximate surface area is 145 Å². The molecule has 4 rings (SSSR count). The predicted octanol–water partition coefficient (Wildman–Crippen LogP) is 3.40. The Hall–Kier alpha value is -2.83. The van der Waals surface area contributed by atoms with Crippen LogP contribution >= 0.6 is 0 Å². The summed E-state index contributed by atoms with van der Waals surface area (Å²) in [5.41, 5.74) is 3.48. The largest absolute Gasteiger partial charge is 0.454 e. The molecule has 0 unspecified atom stereocenters. The number of primary sulfonamides is 1. The van der Waals surface area contributed by atoms with Crippen LogP contribution < -0.4 is 14.6 Å². The Morgan fingerprint density at radius 3 is 2.28 bits per heavy atom. The van der Waals surface area contributed by atoms with Crippen LogP contribution in [0.3, 0.4) is 0 Å². The van der Waals surface area contributed by atoms with E-state index in [1.807, 2.05) is 48.5 Å². The van der Waals surface area contributed by atoms with Gasteiger partial charge in [0.1, 0.15) is 0 Å². The second-order valence-electron chi connectivity index (χ2n) is 5.69. The van der Waals surface area contributed by atoms with Gasteiger partial charge in [-0.05, 0) is 46.5 Å². The molecule has 0 atom stereocenters. The standard InChI is InChI=1S/C19H15NO4S/c20-25(21,22)15-7-8-16(17(11-15)13-4-2-1-3-5-13)14-6-9-18-19(10-14)24-12-23-18/h1-11H,12H2,(H2,20,21,22). The lowest BCUT2D eigenvalue weighted by Crippen LogP contribution is -2.12. The molecule has 0 amide bonds. The number of rotatable bonds is 3. The van der Waals surface area contributed by atoms with Crippen LogP contribution in [0, 0.1) is 0 Å². The fraction of sp³-hybridized carbons (Fsp3) is 0.0526. The van der Waals surface area contributed by atoms with Crippen molar-refractivity contribution in [2.75, 3.05) is 6.79 Å². The lowest BCUT2D eigenvalue weighted by atomic mass is 9.94. The van der Waals surface area contributed by atoms with E-state index in [2.05, 4.69) is 0 Å². The van der Waals surface area contributed by atoms with Crippen molar-refractivity contribution in [2.45, 2.75) is 4.90 Å². The third-order valence-corrected chi connectivity index (χ3v) is 5.00. The Bertz CT molecular complexity index is 1050. The van der Waals surface area contributed by atoms with Crippen LogP contribution in [0.15, 0.2) is 71.6 Å². The van der Waals surface area contributed by atoms with Gasteiger partial charge < -0.3 is 9.47 Å². The fourth-order valence-electron chi connectivity index (χ4n) is 2.87. The van der Waals surface area contributed by atoms with Crippen LogP contribution in [0.5, 0.6) is 11.5 Å². The van der Waals surface area contributed by atoms with E-state index in [-0.39, 0.29) is 11.7 Å². The van der Waals surface area contributed by atoms with Crippen molar-refractivity contribution >= 4 is 10.0 Å². The summed E-state index contributed by atoms with van der Waals surface area (Å²) in [4.78, 5) is 0.0795. The molecule has 2 N–H and O–H groups in total. The summed E-state index contributed by atoms with van der Waals surface area (Å²) in [5, 5.41) is 5.30. The minimum absolute atomic E-state index is 0.0795. The quantitative estimate of drug-likeness (QED) is 0.783. The first-order chi connectivity index (χ1) is 12.0. The maximum absolute atomic E-state index is 11.8. The molecular weight excluding hydrogens is 338 g/mol. The van der Waals surface area contributed by atoms with Crippen molar-refractivity contribution in [1.82, 2.24) is 0 Å². The second-order valence-corrected chi connectivity index (χ2v) is 7.25. The normalized spacial score (nSPS) is 13.0. The van der Waals surface area contributed by atoms with Gasteiger partial charge in [0.2, 0.25) is 16.8 Å². The highest BCUT2D eigenvalue weighted by molar-refractivity contribution is 7.89. The molecule has 0 aromatic heterocycles. The molecule has 0 radical (unpaired) electrons. The highest BCUT2D eigenvalue weighted by atomic mass is 32.2. The third kappa shape index (κ3) is 2.97. The average molecular weight is 353 g/mol. The fourth-order valence-corrected chi connectivity index (χ4v) is 3.41. The summed E-state index contributed by atoms with van der Waals surface area (Å²) in [6.45, 7) is 0.203. The molecule has 0 spiro atoms. The summed E-state index contributed by atoms with van der Waals surface area (Å²) in [6.07, 6.45) is 0. The average Bonchev–Trinajstić information content (AvgIpc) is 3.09. The second kappa shape index (κ2) is 5.91. The maximum atomic E-state index is 11.8. The molecule has 3 aromatic carbocycles. The topological polar surface area (TPSA) is 78.6 Å². The number of hydrogen-bond donors (Lipinski definition) is 1. The van der Waals surface area contributed by atoms with Crippen molar-refractivity contribution < 1.29 is 17.9 Å². The van der Waals surface area contributed by atoms with Crippen molar-refractivity contribution in [3.05, 3.63) is 66.7 Å². The van der Waals surface area contributed by atoms with Crippen LogP contribution in [-0.2, 0) is 10.0 Å². The van der Waals surface area contributed by atoms with Gasteiger partial charge in [-0.2, -0.15) is 0 Å². The van der Waals surface area contributed by atoms with Crippen LogP contribution in [0.1, 0.15) is 0 Å². The van der Waals surface area contributed by atoms with Crippen molar-refractivity contribution in [3.63, 3.8) is 0 Å². The summed E-state index contributed by atoms with van der Waals surface area (Å²) >= 11 is 0. The van der Waals surface area contributed by atoms with E-state index in [4.69, 9.17) is 14.6 Å². The van der Waals surface area contributed by atoms with E-state index in [9.17, 15) is 8.42 Å². The number of fused-ring (bicyclic) bond motifs is 1. The first kappa shape index (κ1) is 15.7. The SMILES string of the molecule is NS(=O)(=O)c1ccc(-c2ccc3c(c2)OCO3)c(-c2ccccc2)c1. The number of ether oxygens (including phenoxy) is 2. The smallest absolute Gasteiger partial charge is 0.238 e. The van der Waals surface area contributed by atoms with E-state index < -0.39 is 10.0 Å². The van der Waals surface area contributed by atoms with Crippen LogP contribution in [0.4, 0.5) is 0 Å². The minimum atomic E-state index is -3.79. The van der Waals surface area contributed by atoms with Gasteiger partial charge in [-0.15, -0.1) is 0 Å². The summed E-state index contributed by atoms with van der Waals surface area (Å²) < 4.78 is 34.3. The van der Waals surface area contributed by atoms with Gasteiger partial charge in [0.25, 0.3) is 0 Å². The van der Waals surface area contributed by atoms with Crippen LogP contribution in [0.2, 0.25) is 0 Å². The van der Waals surface area contributed by atoms with E-state index in [1.165, 1.54) is 6.07 Å². The number of sulfonamides is 1. The number of nitrogens with two attached hydrogens (primary N) is 1. The molecule has 1 aliphatic rings. The molecule has 0 saturated heterocycles. The highest BCUT2D eigenvalue weighted by Crippen LogP contribution is 2.39. The Balaban J connectivity index is 1.93. The van der Waals surface area contributed by atoms with E-state index >= 15 is 0 Å². The lowest BCUT2D eigenvalue weighted by molar-refractivity contribution is 0.174. The van der Waals surface area contributed by atoms with Gasteiger partial charge in [0.05, 0.1) is 4.90 Å². The highest BCUT2D eigenvalue weighted by Gasteiger charge is 2.17. The number of benzene rings is 3. The summed E-state index contributed by atoms with van der Waals surface area (Å²) in [5.74, 6) is 1.37. The van der Waals surface area contributed by atoms with Crippen LogP contribution in [-0.4, -0.2) is 15.2 Å². The Morgan fingerprint density at radius 1 is 0.760 bits per heavy atom. The molecule has 0 fully saturated rings. The van der Waals surface area contributed by atoms with E-state index in [1.54, 1.807) is 12.1 Å². The van der Waals surface area contributed by atoms with Crippen molar-refractivity contribution in [1.29, 1.82) is 0 Å². The number of hydrogen-bond acceptors (Lipinski definition) is 4. The molecule has 6 heteroatoms. The molecule has 1 heterocycles. The molecule has 3 aromatic rings. The zero-order valence-corrected chi connectivity index (χ0v) is 14.0. The predicted molar refractivity (Wildman–Crippen MR) is 94.8 cm³/mol. The molecular formula is C19H15NO4S. The van der Waals surface area contributed by atoms with Gasteiger partial charge in [0, 0.05) is 0 Å². The molecule has 5 nitrogen and oxygen atoms in total. The van der Waals surface area contributed by atoms with Gasteiger partial charge in [-0.25, -0.2) is 13.6 Å². The molecule has 0 bridgehead atoms. The zero-order chi connectivity index (χ0) is 17.4. The van der Waals surface area contributed by atoms with Crippen molar-refractivity contribution in [2.24, 2.45) is 5.14 Å². The summed E-state index contributed by atoms with van der Waals surface area (Å²) in [7, 11) is -3.79. The third-order valence-electron chi connectivity index (χ3n) is 4.09.